The summed E-state index contributed by atoms with van der Waals surface area (Å²) in [7, 11) is 0. The van der Waals surface area contributed by atoms with Crippen molar-refractivity contribution >= 4 is 28.5 Å². The second kappa shape index (κ2) is 9.34. The van der Waals surface area contributed by atoms with Crippen LogP contribution in [0.3, 0.4) is 0 Å². The Morgan fingerprint density at radius 2 is 1.71 bits per heavy atom. The number of nitrogens with zero attached hydrogens (tertiary/aromatic N) is 2. The molecule has 2 aliphatic heterocycles. The molecule has 2 N–H and O–H groups in total. The number of nitrogens with one attached hydrogen (secondary N) is 1. The van der Waals surface area contributed by atoms with Gasteiger partial charge in [-0.3, -0.25) is 4.79 Å². The Kier molecular flexibility index (Phi) is 5.80. The molecule has 4 aromatic rings. The standard InChI is InChI=1S/C34H31N3O5/c1-33(2)24(20-8-10-21(11-9-20)32(39)40)12-14-34(3)18-37(15-13-29(33)34)31(38)23-7-5-4-6-22(23)30-35-25-16-27-28(42-19-41-27)17-26(25)36-30/h4-13,16-17H,14-15,18-19H2,1-3H3,(H,35,36)(H,39,40)/t34-/m1/s1. The van der Waals surface area contributed by atoms with Gasteiger partial charge < -0.3 is 24.5 Å². The van der Waals surface area contributed by atoms with Crippen molar-refractivity contribution in [2.75, 3.05) is 19.9 Å². The largest absolute Gasteiger partial charge is 0.478 e. The number of rotatable bonds is 4. The number of hydrogen-bond donors (Lipinski definition) is 2. The van der Waals surface area contributed by atoms with E-state index in [0.717, 1.165) is 28.6 Å². The van der Waals surface area contributed by atoms with E-state index in [-0.39, 0.29) is 29.1 Å². The molecule has 3 aromatic carbocycles. The summed E-state index contributed by atoms with van der Waals surface area (Å²) < 4.78 is 11.0. The van der Waals surface area contributed by atoms with E-state index < -0.39 is 5.97 Å². The minimum absolute atomic E-state index is 0.0337. The van der Waals surface area contributed by atoms with E-state index in [1.165, 1.54) is 11.1 Å². The van der Waals surface area contributed by atoms with E-state index in [2.05, 4.69) is 37.9 Å². The minimum Gasteiger partial charge on any atom is -0.478 e. The first-order chi connectivity index (χ1) is 20.1. The quantitative estimate of drug-likeness (QED) is 0.274. The maximum Gasteiger partial charge on any atom is 0.335 e. The molecule has 0 saturated carbocycles. The Bertz CT molecular complexity index is 1790. The molecular weight excluding hydrogens is 530 g/mol. The molecule has 1 aliphatic carbocycles. The highest BCUT2D eigenvalue weighted by molar-refractivity contribution is 6.01. The summed E-state index contributed by atoms with van der Waals surface area (Å²) in [6.45, 7) is 7.97. The number of ether oxygens (including phenoxy) is 2. The SMILES string of the molecule is CC1(C)C(c2ccc(C(=O)O)cc2)=CC[C@]2(C)CN(C(=O)c3ccccc3-c3nc4cc5c(cc4[nH]3)OCO5)CC=C12. The maximum atomic E-state index is 14.1. The van der Waals surface area contributed by atoms with E-state index in [1.807, 2.05) is 53.4 Å². The second-order valence-electron chi connectivity index (χ2n) is 12.0. The lowest BCUT2D eigenvalue weighted by Crippen LogP contribution is -2.48. The maximum absolute atomic E-state index is 14.1. The number of benzene rings is 3. The van der Waals surface area contributed by atoms with Crippen LogP contribution >= 0.6 is 0 Å². The van der Waals surface area contributed by atoms with Crippen LogP contribution < -0.4 is 9.47 Å². The van der Waals surface area contributed by atoms with E-state index >= 15 is 0 Å². The van der Waals surface area contributed by atoms with Crippen molar-refractivity contribution in [3.63, 3.8) is 0 Å². The molecule has 1 aromatic heterocycles. The van der Waals surface area contributed by atoms with Crippen LogP contribution in [0.5, 0.6) is 11.5 Å². The number of aromatic carboxylic acids is 1. The highest BCUT2D eigenvalue weighted by Crippen LogP contribution is 2.55. The smallest absolute Gasteiger partial charge is 0.335 e. The number of aromatic nitrogens is 2. The number of fused-ring (bicyclic) bond motifs is 3. The predicted octanol–water partition coefficient (Wildman–Crippen LogP) is 6.56. The first-order valence-electron chi connectivity index (χ1n) is 14.1. The molecule has 0 saturated heterocycles. The lowest BCUT2D eigenvalue weighted by Gasteiger charge is -2.50. The van der Waals surface area contributed by atoms with Gasteiger partial charge >= 0.3 is 5.97 Å². The number of amides is 1. The van der Waals surface area contributed by atoms with Crippen LogP contribution in [-0.4, -0.2) is 51.7 Å². The van der Waals surface area contributed by atoms with Crippen LogP contribution in [0.25, 0.3) is 28.0 Å². The van der Waals surface area contributed by atoms with Gasteiger partial charge in [0, 0.05) is 41.6 Å². The summed E-state index contributed by atoms with van der Waals surface area (Å²) in [5.74, 6) is 1.00. The molecule has 8 heteroatoms. The first kappa shape index (κ1) is 26.1. The van der Waals surface area contributed by atoms with Crippen molar-refractivity contribution in [3.05, 3.63) is 95.1 Å². The highest BCUT2D eigenvalue weighted by atomic mass is 16.7. The summed E-state index contributed by atoms with van der Waals surface area (Å²) in [6.07, 6.45) is 5.25. The van der Waals surface area contributed by atoms with Gasteiger partial charge in [0.05, 0.1) is 22.2 Å². The van der Waals surface area contributed by atoms with Crippen LogP contribution in [0, 0.1) is 10.8 Å². The molecule has 3 heterocycles. The Balaban J connectivity index is 1.18. The topological polar surface area (TPSA) is 105 Å². The number of imidazole rings is 1. The van der Waals surface area contributed by atoms with E-state index in [1.54, 1.807) is 12.1 Å². The Morgan fingerprint density at radius 3 is 2.48 bits per heavy atom. The highest BCUT2D eigenvalue weighted by Gasteiger charge is 2.46. The number of carboxylic acids is 1. The number of hydrogen-bond acceptors (Lipinski definition) is 5. The third kappa shape index (κ3) is 4.09. The van der Waals surface area contributed by atoms with E-state index in [4.69, 9.17) is 14.5 Å². The molecule has 0 fully saturated rings. The van der Waals surface area contributed by atoms with Crippen molar-refractivity contribution < 1.29 is 24.2 Å². The van der Waals surface area contributed by atoms with Gasteiger partial charge in [-0.05, 0) is 35.8 Å². The summed E-state index contributed by atoms with van der Waals surface area (Å²) in [4.78, 5) is 35.5. The molecule has 42 heavy (non-hydrogen) atoms. The molecule has 1 atom stereocenters. The molecule has 0 spiro atoms. The van der Waals surface area contributed by atoms with Crippen LogP contribution in [-0.2, 0) is 0 Å². The monoisotopic (exact) mass is 561 g/mol. The Morgan fingerprint density at radius 1 is 0.976 bits per heavy atom. The van der Waals surface area contributed by atoms with Gasteiger partial charge in [0.2, 0.25) is 6.79 Å². The lowest BCUT2D eigenvalue weighted by molar-refractivity contribution is 0.0679. The summed E-state index contributed by atoms with van der Waals surface area (Å²) in [5.41, 5.74) is 6.20. The van der Waals surface area contributed by atoms with Gasteiger partial charge in [-0.25, -0.2) is 9.78 Å². The Labute approximate surface area is 243 Å². The predicted molar refractivity (Wildman–Crippen MR) is 160 cm³/mol. The van der Waals surface area contributed by atoms with E-state index in [0.29, 0.717) is 36.0 Å². The first-order valence-corrected chi connectivity index (χ1v) is 14.1. The number of carbonyl (C=O) groups is 2. The van der Waals surface area contributed by atoms with Crippen LogP contribution in [0.15, 0.2) is 78.4 Å². The normalized spacial score (nSPS) is 20.6. The fraction of sp³-hybridized carbons (Fsp3) is 0.265. The van der Waals surface area contributed by atoms with Crippen LogP contribution in [0.2, 0.25) is 0 Å². The molecule has 0 unspecified atom stereocenters. The van der Waals surface area contributed by atoms with Crippen LogP contribution in [0.4, 0.5) is 0 Å². The summed E-state index contributed by atoms with van der Waals surface area (Å²) >= 11 is 0. The molecular formula is C34H31N3O5. The molecule has 212 valence electrons. The average molecular weight is 562 g/mol. The van der Waals surface area contributed by atoms with Gasteiger partial charge in [0.25, 0.3) is 5.91 Å². The fourth-order valence-corrected chi connectivity index (χ4v) is 6.93. The van der Waals surface area contributed by atoms with Crippen molar-refractivity contribution in [3.8, 4) is 22.9 Å². The molecule has 8 nitrogen and oxygen atoms in total. The number of H-pyrrole nitrogens is 1. The summed E-state index contributed by atoms with van der Waals surface area (Å²) in [6, 6.07) is 18.4. The molecule has 0 bridgehead atoms. The van der Waals surface area contributed by atoms with E-state index in [9.17, 15) is 14.7 Å². The number of carbonyl (C=O) groups excluding carboxylic acids is 1. The van der Waals surface area contributed by atoms with Crippen molar-refractivity contribution in [2.45, 2.75) is 27.2 Å². The van der Waals surface area contributed by atoms with Gasteiger partial charge in [0.15, 0.2) is 11.5 Å². The lowest BCUT2D eigenvalue weighted by atomic mass is 9.58. The fourth-order valence-electron chi connectivity index (χ4n) is 6.93. The van der Waals surface area contributed by atoms with Crippen LogP contribution in [0.1, 0.15) is 53.5 Å². The average Bonchev–Trinajstić information content (AvgIpc) is 3.61. The molecule has 0 radical (unpaired) electrons. The minimum atomic E-state index is -0.930. The second-order valence-corrected chi connectivity index (χ2v) is 12.0. The zero-order valence-corrected chi connectivity index (χ0v) is 23.7. The zero-order valence-electron chi connectivity index (χ0n) is 23.7. The van der Waals surface area contributed by atoms with Gasteiger partial charge in [-0.2, -0.15) is 0 Å². The van der Waals surface area contributed by atoms with Crippen molar-refractivity contribution in [1.82, 2.24) is 14.9 Å². The van der Waals surface area contributed by atoms with Gasteiger partial charge in [-0.15, -0.1) is 0 Å². The van der Waals surface area contributed by atoms with Gasteiger partial charge in [-0.1, -0.05) is 68.8 Å². The van der Waals surface area contributed by atoms with Crippen molar-refractivity contribution in [1.29, 1.82) is 0 Å². The molecule has 3 aliphatic rings. The third-order valence-electron chi connectivity index (χ3n) is 8.93. The van der Waals surface area contributed by atoms with Gasteiger partial charge in [0.1, 0.15) is 5.82 Å². The summed E-state index contributed by atoms with van der Waals surface area (Å²) in [5, 5.41) is 9.31. The molecule has 7 rings (SSSR count). The number of carboxylic acid groups (broad SMARTS) is 1. The number of allylic oxidation sites excluding steroid dienone is 2. The third-order valence-corrected chi connectivity index (χ3v) is 8.93. The molecule has 1 amide bonds. The number of aromatic amines is 1. The Hall–Kier alpha value is -4.85. The zero-order chi connectivity index (χ0) is 29.2. The van der Waals surface area contributed by atoms with Crippen molar-refractivity contribution in [2.24, 2.45) is 10.8 Å².